The maximum Gasteiger partial charge on any atom is 0.337 e. The Morgan fingerprint density at radius 1 is 0.750 bits per heavy atom. The summed E-state index contributed by atoms with van der Waals surface area (Å²) in [6.07, 6.45) is 2.69. The van der Waals surface area contributed by atoms with Crippen LogP contribution in [0, 0.1) is 11.6 Å². The highest BCUT2D eigenvalue weighted by Gasteiger charge is 2.13. The number of unbranched alkanes of at least 4 members (excludes halogenated alkanes) is 1. The van der Waals surface area contributed by atoms with Gasteiger partial charge in [0.05, 0.1) is 19.8 Å². The molecule has 0 saturated heterocycles. The summed E-state index contributed by atoms with van der Waals surface area (Å²) in [7, 11) is 2.76. The first-order valence-corrected chi connectivity index (χ1v) is 14.6. The molecule has 0 N–H and O–H groups in total. The second-order valence-corrected chi connectivity index (χ2v) is 10.4. The third-order valence-corrected chi connectivity index (χ3v) is 7.39. The predicted octanol–water partition coefficient (Wildman–Crippen LogP) is 7.39. The van der Waals surface area contributed by atoms with Crippen LogP contribution in [0.25, 0.3) is 11.1 Å². The van der Waals surface area contributed by atoms with Crippen molar-refractivity contribution in [2.24, 2.45) is 0 Å². The number of rotatable bonds is 15. The first-order chi connectivity index (χ1) is 21.4. The minimum atomic E-state index is -0.872. The lowest BCUT2D eigenvalue weighted by molar-refractivity contribution is -0.140. The van der Waals surface area contributed by atoms with Gasteiger partial charge in [-0.2, -0.15) is 0 Å². The van der Waals surface area contributed by atoms with E-state index in [1.165, 1.54) is 20.3 Å². The number of esters is 2. The molecule has 4 rings (SSSR count). The third kappa shape index (κ3) is 9.22. The van der Waals surface area contributed by atoms with E-state index in [1.807, 2.05) is 48.5 Å². The average Bonchev–Trinajstić information content (AvgIpc) is 3.06. The molecule has 230 valence electrons. The first kappa shape index (κ1) is 32.4. The number of benzene rings is 4. The molecule has 0 aliphatic heterocycles. The van der Waals surface area contributed by atoms with Gasteiger partial charge in [0.2, 0.25) is 0 Å². The largest absolute Gasteiger partial charge is 0.489 e. The summed E-state index contributed by atoms with van der Waals surface area (Å²) < 4.78 is 43.6. The van der Waals surface area contributed by atoms with Crippen molar-refractivity contribution in [2.45, 2.75) is 38.8 Å². The van der Waals surface area contributed by atoms with Gasteiger partial charge >= 0.3 is 11.9 Å². The Kier molecular flexibility index (Phi) is 12.0. The van der Waals surface area contributed by atoms with Crippen molar-refractivity contribution in [1.29, 1.82) is 0 Å². The van der Waals surface area contributed by atoms with Gasteiger partial charge in [0.15, 0.2) is 11.6 Å². The number of nitrogens with zero attached hydrogens (tertiary/aromatic N) is 1. The van der Waals surface area contributed by atoms with Gasteiger partial charge in [-0.15, -0.1) is 0 Å². The molecule has 4 aromatic carbocycles. The number of halogens is 2. The van der Waals surface area contributed by atoms with Crippen LogP contribution in [-0.2, 0) is 33.8 Å². The molecule has 6 nitrogen and oxygen atoms in total. The fourth-order valence-corrected chi connectivity index (χ4v) is 4.90. The topological polar surface area (TPSA) is 65.1 Å². The number of ether oxygens (including phenoxy) is 3. The van der Waals surface area contributed by atoms with Crippen LogP contribution >= 0.6 is 0 Å². The summed E-state index contributed by atoms with van der Waals surface area (Å²) in [6, 6.07) is 26.7. The van der Waals surface area contributed by atoms with Gasteiger partial charge < -0.3 is 14.2 Å². The first-order valence-electron chi connectivity index (χ1n) is 14.6. The van der Waals surface area contributed by atoms with E-state index in [2.05, 4.69) is 4.90 Å². The van der Waals surface area contributed by atoms with E-state index in [-0.39, 0.29) is 17.5 Å². The molecular weight excluding hydrogens is 564 g/mol. The summed E-state index contributed by atoms with van der Waals surface area (Å²) >= 11 is 0. The molecule has 0 heterocycles. The van der Waals surface area contributed by atoms with Crippen molar-refractivity contribution in [3.8, 4) is 16.9 Å². The average molecular weight is 602 g/mol. The normalized spacial score (nSPS) is 10.9. The SMILES string of the molecule is COC(=O)CCCCN(CCc1ccccc1OCc1ccc(-c2cccc(F)c2F)cc1)Cc1ccc(C(=O)OC)cc1. The van der Waals surface area contributed by atoms with Gasteiger partial charge in [0.1, 0.15) is 12.4 Å². The van der Waals surface area contributed by atoms with Crippen molar-refractivity contribution in [2.75, 3.05) is 27.3 Å². The van der Waals surface area contributed by atoms with E-state index in [0.29, 0.717) is 30.7 Å². The molecule has 0 atom stereocenters. The lowest BCUT2D eigenvalue weighted by atomic mass is 10.0. The van der Waals surface area contributed by atoms with Crippen LogP contribution in [0.5, 0.6) is 5.75 Å². The number of para-hydroxylation sites is 1. The highest BCUT2D eigenvalue weighted by Crippen LogP contribution is 2.26. The lowest BCUT2D eigenvalue weighted by Gasteiger charge is -2.23. The minimum absolute atomic E-state index is 0.211. The van der Waals surface area contributed by atoms with E-state index < -0.39 is 11.6 Å². The van der Waals surface area contributed by atoms with E-state index in [4.69, 9.17) is 14.2 Å². The monoisotopic (exact) mass is 601 g/mol. The summed E-state index contributed by atoms with van der Waals surface area (Å²) in [6.45, 7) is 2.55. The van der Waals surface area contributed by atoms with Crippen molar-refractivity contribution in [3.05, 3.63) is 125 Å². The third-order valence-electron chi connectivity index (χ3n) is 7.39. The highest BCUT2D eigenvalue weighted by atomic mass is 19.2. The minimum Gasteiger partial charge on any atom is -0.489 e. The van der Waals surface area contributed by atoms with Gasteiger partial charge in [0.25, 0.3) is 0 Å². The molecule has 8 heteroatoms. The molecule has 0 radical (unpaired) electrons. The molecule has 0 aliphatic carbocycles. The molecule has 0 aliphatic rings. The number of carbonyl (C=O) groups is 2. The zero-order chi connectivity index (χ0) is 31.3. The van der Waals surface area contributed by atoms with Crippen LogP contribution in [0.15, 0.2) is 91.0 Å². The summed E-state index contributed by atoms with van der Waals surface area (Å²) in [5.74, 6) is -1.54. The van der Waals surface area contributed by atoms with Crippen molar-refractivity contribution in [1.82, 2.24) is 4.90 Å². The molecule has 0 bridgehead atoms. The Morgan fingerprint density at radius 3 is 2.20 bits per heavy atom. The zero-order valence-electron chi connectivity index (χ0n) is 25.1. The molecule has 0 fully saturated rings. The van der Waals surface area contributed by atoms with Gasteiger partial charge in [0, 0.05) is 25.1 Å². The van der Waals surface area contributed by atoms with Crippen molar-refractivity contribution in [3.63, 3.8) is 0 Å². The van der Waals surface area contributed by atoms with E-state index in [1.54, 1.807) is 30.3 Å². The van der Waals surface area contributed by atoms with Gasteiger partial charge in [-0.3, -0.25) is 9.69 Å². The highest BCUT2D eigenvalue weighted by molar-refractivity contribution is 5.89. The van der Waals surface area contributed by atoms with Crippen LogP contribution in [0.1, 0.15) is 46.3 Å². The number of hydrogen-bond donors (Lipinski definition) is 0. The van der Waals surface area contributed by atoms with Gasteiger partial charge in [-0.25, -0.2) is 13.6 Å². The van der Waals surface area contributed by atoms with Crippen LogP contribution < -0.4 is 4.74 Å². The standard InChI is InChI=1S/C36H37F2NO5/c1-42-34(40)12-5-6-22-39(24-26-13-19-30(20-14-26)36(41)43-2)23-21-29-8-3-4-11-33(29)44-25-27-15-17-28(18-16-27)31-9-7-10-32(37)35(31)38/h3-4,7-11,13-20H,5-6,12,21-25H2,1-2H3. The van der Waals surface area contributed by atoms with E-state index in [9.17, 15) is 18.4 Å². The second-order valence-electron chi connectivity index (χ2n) is 10.4. The number of carbonyl (C=O) groups excluding carboxylic acids is 2. The molecule has 0 unspecified atom stereocenters. The molecule has 0 saturated carbocycles. The Hall–Kier alpha value is -4.56. The maximum atomic E-state index is 14.2. The quantitative estimate of drug-likeness (QED) is 0.105. The maximum absolute atomic E-state index is 14.2. The lowest BCUT2D eigenvalue weighted by Crippen LogP contribution is -2.27. The molecule has 0 spiro atoms. The van der Waals surface area contributed by atoms with Crippen LogP contribution in [0.3, 0.4) is 0 Å². The molecule has 4 aromatic rings. The summed E-state index contributed by atoms with van der Waals surface area (Å²) in [4.78, 5) is 25.7. The zero-order valence-corrected chi connectivity index (χ0v) is 25.1. The Bertz CT molecular complexity index is 1520. The van der Waals surface area contributed by atoms with E-state index >= 15 is 0 Å². The smallest absolute Gasteiger partial charge is 0.337 e. The number of hydrogen-bond acceptors (Lipinski definition) is 6. The fraction of sp³-hybridized carbons (Fsp3) is 0.278. The van der Waals surface area contributed by atoms with E-state index in [0.717, 1.165) is 60.9 Å². The number of methoxy groups -OCH3 is 2. The van der Waals surface area contributed by atoms with Crippen molar-refractivity contribution >= 4 is 11.9 Å². The molecule has 44 heavy (non-hydrogen) atoms. The molecule has 0 aromatic heterocycles. The summed E-state index contributed by atoms with van der Waals surface area (Å²) in [5.41, 5.74) is 4.35. The van der Waals surface area contributed by atoms with Crippen LogP contribution in [0.2, 0.25) is 0 Å². The Morgan fingerprint density at radius 2 is 1.48 bits per heavy atom. The fourth-order valence-electron chi connectivity index (χ4n) is 4.90. The second kappa shape index (κ2) is 16.3. The molecular formula is C36H37F2NO5. The van der Waals surface area contributed by atoms with Crippen LogP contribution in [-0.4, -0.2) is 44.1 Å². The predicted molar refractivity (Wildman–Crippen MR) is 165 cm³/mol. The molecule has 0 amide bonds. The summed E-state index contributed by atoms with van der Waals surface area (Å²) in [5, 5.41) is 0. The van der Waals surface area contributed by atoms with Crippen LogP contribution in [0.4, 0.5) is 8.78 Å². The Balaban J connectivity index is 1.39. The Labute approximate surface area is 257 Å². The van der Waals surface area contributed by atoms with Crippen molar-refractivity contribution < 1.29 is 32.6 Å². The van der Waals surface area contributed by atoms with Gasteiger partial charge in [-0.1, -0.05) is 66.7 Å². The van der Waals surface area contributed by atoms with Gasteiger partial charge in [-0.05, 0) is 72.3 Å².